The third kappa shape index (κ3) is 5.56. The van der Waals surface area contributed by atoms with Gasteiger partial charge in [0.25, 0.3) is 0 Å². The molecule has 0 fully saturated rings. The molecule has 170 valence electrons. The summed E-state index contributed by atoms with van der Waals surface area (Å²) in [6, 6.07) is 4.02. The topological polar surface area (TPSA) is 81.4 Å². The standard InChI is InChI=1S/C25H33N5O2/c1-6-7-11-19-15-22-21(16-23(19)32-5)27-24(25-29-28-18(4)30(22)25)26-13-10-8-9-12-20(31)14-17(2)3/h1,15-17H,7-14H2,2-5H3,(H,26,27). The fourth-order valence-electron chi connectivity index (χ4n) is 3.94. The Morgan fingerprint density at radius 1 is 1.25 bits per heavy atom. The molecule has 0 unspecified atom stereocenters. The Labute approximate surface area is 190 Å². The minimum absolute atomic E-state index is 0.361. The van der Waals surface area contributed by atoms with Crippen LogP contribution in [0.25, 0.3) is 16.7 Å². The SMILES string of the molecule is C#CCCc1cc2c(cc1OC)nc(NCCCCCC(=O)CC(C)C)c1nnc(C)n12. The number of aromatic nitrogens is 4. The van der Waals surface area contributed by atoms with Crippen molar-refractivity contribution >= 4 is 28.3 Å². The first kappa shape index (κ1) is 23.5. The highest BCUT2D eigenvalue weighted by Crippen LogP contribution is 2.29. The first-order valence-electron chi connectivity index (χ1n) is 11.4. The second-order valence-corrected chi connectivity index (χ2v) is 8.60. The normalized spacial score (nSPS) is 11.2. The van der Waals surface area contributed by atoms with E-state index in [0.717, 1.165) is 60.4 Å². The van der Waals surface area contributed by atoms with E-state index < -0.39 is 0 Å². The summed E-state index contributed by atoms with van der Waals surface area (Å²) in [6.45, 7) is 6.86. The summed E-state index contributed by atoms with van der Waals surface area (Å²) < 4.78 is 7.61. The van der Waals surface area contributed by atoms with Crippen LogP contribution in [0.3, 0.4) is 0 Å². The molecular weight excluding hydrogens is 402 g/mol. The monoisotopic (exact) mass is 435 g/mol. The molecule has 3 aromatic rings. The lowest BCUT2D eigenvalue weighted by Gasteiger charge is -2.13. The first-order valence-corrected chi connectivity index (χ1v) is 11.4. The van der Waals surface area contributed by atoms with E-state index in [-0.39, 0.29) is 0 Å². The molecular formula is C25H33N5O2. The first-order chi connectivity index (χ1) is 15.4. The van der Waals surface area contributed by atoms with Gasteiger partial charge >= 0.3 is 0 Å². The smallest absolute Gasteiger partial charge is 0.204 e. The van der Waals surface area contributed by atoms with Crippen molar-refractivity contribution < 1.29 is 9.53 Å². The number of unbranched alkanes of at least 4 members (excludes halogenated alkanes) is 2. The molecule has 0 bridgehead atoms. The number of rotatable bonds is 12. The third-order valence-corrected chi connectivity index (χ3v) is 5.49. The number of carbonyl (C=O) groups is 1. The van der Waals surface area contributed by atoms with Crippen molar-refractivity contribution in [2.24, 2.45) is 5.92 Å². The summed E-state index contributed by atoms with van der Waals surface area (Å²) in [4.78, 5) is 16.7. The Balaban J connectivity index is 1.75. The zero-order valence-electron chi connectivity index (χ0n) is 19.6. The van der Waals surface area contributed by atoms with Gasteiger partial charge in [0, 0.05) is 31.9 Å². The van der Waals surface area contributed by atoms with E-state index in [1.807, 2.05) is 17.4 Å². The van der Waals surface area contributed by atoms with Crippen molar-refractivity contribution in [1.82, 2.24) is 19.6 Å². The molecule has 0 amide bonds. The molecule has 0 saturated carbocycles. The number of benzene rings is 1. The van der Waals surface area contributed by atoms with Gasteiger partial charge in [0.2, 0.25) is 5.65 Å². The number of hydrogen-bond donors (Lipinski definition) is 1. The van der Waals surface area contributed by atoms with Crippen molar-refractivity contribution in [3.63, 3.8) is 0 Å². The molecule has 0 aliphatic rings. The second kappa shape index (κ2) is 10.9. The molecule has 2 heterocycles. The Morgan fingerprint density at radius 2 is 2.06 bits per heavy atom. The zero-order valence-corrected chi connectivity index (χ0v) is 19.6. The number of hydrogen-bond acceptors (Lipinski definition) is 6. The van der Waals surface area contributed by atoms with Gasteiger partial charge < -0.3 is 10.1 Å². The fourth-order valence-corrected chi connectivity index (χ4v) is 3.94. The van der Waals surface area contributed by atoms with Gasteiger partial charge in [-0.25, -0.2) is 4.98 Å². The van der Waals surface area contributed by atoms with Crippen molar-refractivity contribution in [2.45, 2.75) is 65.7 Å². The maximum Gasteiger partial charge on any atom is 0.204 e. The molecule has 1 N–H and O–H groups in total. The number of carbonyl (C=O) groups excluding carboxylic acids is 1. The molecule has 3 rings (SSSR count). The number of ether oxygens (including phenoxy) is 1. The molecule has 0 spiro atoms. The van der Waals surface area contributed by atoms with Crippen LogP contribution in [-0.2, 0) is 11.2 Å². The van der Waals surface area contributed by atoms with Crippen LogP contribution in [0.2, 0.25) is 0 Å². The summed E-state index contributed by atoms with van der Waals surface area (Å²) in [5.74, 6) is 5.76. The number of fused-ring (bicyclic) bond motifs is 3. The van der Waals surface area contributed by atoms with Crippen molar-refractivity contribution in [3.8, 4) is 18.1 Å². The maximum atomic E-state index is 11.9. The minimum Gasteiger partial charge on any atom is -0.496 e. The van der Waals surface area contributed by atoms with E-state index >= 15 is 0 Å². The van der Waals surface area contributed by atoms with Crippen LogP contribution in [0.4, 0.5) is 5.82 Å². The second-order valence-electron chi connectivity index (χ2n) is 8.60. The molecule has 0 aliphatic carbocycles. The number of ketones is 1. The lowest BCUT2D eigenvalue weighted by Crippen LogP contribution is -2.08. The zero-order chi connectivity index (χ0) is 23.1. The molecule has 0 aliphatic heterocycles. The van der Waals surface area contributed by atoms with E-state index in [1.54, 1.807) is 7.11 Å². The third-order valence-electron chi connectivity index (χ3n) is 5.49. The highest BCUT2D eigenvalue weighted by atomic mass is 16.5. The van der Waals surface area contributed by atoms with Crippen LogP contribution < -0.4 is 10.1 Å². The number of aryl methyl sites for hydroxylation is 2. The molecule has 0 atom stereocenters. The number of nitrogens with zero attached hydrogens (tertiary/aromatic N) is 4. The fraction of sp³-hybridized carbons (Fsp3) is 0.520. The van der Waals surface area contributed by atoms with Crippen LogP contribution in [0.15, 0.2) is 12.1 Å². The van der Waals surface area contributed by atoms with E-state index in [0.29, 0.717) is 42.4 Å². The van der Waals surface area contributed by atoms with Crippen LogP contribution in [0, 0.1) is 25.2 Å². The van der Waals surface area contributed by atoms with Gasteiger partial charge in [0.1, 0.15) is 17.4 Å². The molecule has 32 heavy (non-hydrogen) atoms. The number of Topliss-reactive ketones (excluding diaryl/α,β-unsaturated/α-hetero) is 1. The predicted molar refractivity (Wildman–Crippen MR) is 128 cm³/mol. The van der Waals surface area contributed by atoms with Gasteiger partial charge in [-0.2, -0.15) is 0 Å². The quantitative estimate of drug-likeness (QED) is 0.327. The lowest BCUT2D eigenvalue weighted by molar-refractivity contribution is -0.119. The van der Waals surface area contributed by atoms with Crippen molar-refractivity contribution in [3.05, 3.63) is 23.5 Å². The Hall–Kier alpha value is -3.14. The number of terminal acetylenes is 1. The average molecular weight is 436 g/mol. The van der Waals surface area contributed by atoms with Gasteiger partial charge in [-0.15, -0.1) is 22.5 Å². The Morgan fingerprint density at radius 3 is 2.78 bits per heavy atom. The van der Waals surface area contributed by atoms with Gasteiger partial charge in [0.05, 0.1) is 18.1 Å². The van der Waals surface area contributed by atoms with Gasteiger partial charge in [-0.1, -0.05) is 20.3 Å². The maximum absolute atomic E-state index is 11.9. The van der Waals surface area contributed by atoms with Crippen LogP contribution in [0.5, 0.6) is 5.75 Å². The summed E-state index contributed by atoms with van der Waals surface area (Å²) >= 11 is 0. The predicted octanol–water partition coefficient (Wildman–Crippen LogP) is 4.75. The highest BCUT2D eigenvalue weighted by molar-refractivity contribution is 5.85. The van der Waals surface area contributed by atoms with Gasteiger partial charge in [-0.3, -0.25) is 9.20 Å². The average Bonchev–Trinajstić information content (AvgIpc) is 3.15. The van der Waals surface area contributed by atoms with Gasteiger partial charge in [-0.05, 0) is 43.7 Å². The Bertz CT molecular complexity index is 1130. The summed E-state index contributed by atoms with van der Waals surface area (Å²) in [6.07, 6.45) is 11.1. The van der Waals surface area contributed by atoms with Crippen LogP contribution in [-0.4, -0.2) is 39.0 Å². The van der Waals surface area contributed by atoms with Gasteiger partial charge in [0.15, 0.2) is 5.82 Å². The van der Waals surface area contributed by atoms with Crippen LogP contribution in [0.1, 0.15) is 63.8 Å². The molecule has 0 radical (unpaired) electrons. The van der Waals surface area contributed by atoms with Crippen molar-refractivity contribution in [2.75, 3.05) is 19.0 Å². The largest absolute Gasteiger partial charge is 0.496 e. The van der Waals surface area contributed by atoms with Crippen LogP contribution >= 0.6 is 0 Å². The molecule has 7 nitrogen and oxygen atoms in total. The molecule has 7 heteroatoms. The molecule has 0 saturated heterocycles. The number of anilines is 1. The summed E-state index contributed by atoms with van der Waals surface area (Å²) in [7, 11) is 1.66. The van der Waals surface area contributed by atoms with E-state index in [2.05, 4.69) is 41.3 Å². The van der Waals surface area contributed by atoms with E-state index in [4.69, 9.17) is 16.1 Å². The van der Waals surface area contributed by atoms with Crippen molar-refractivity contribution in [1.29, 1.82) is 0 Å². The lowest BCUT2D eigenvalue weighted by atomic mass is 10.0. The molecule has 1 aromatic carbocycles. The number of methoxy groups -OCH3 is 1. The highest BCUT2D eigenvalue weighted by Gasteiger charge is 2.16. The Kier molecular flexibility index (Phi) is 8.04. The minimum atomic E-state index is 0.361. The number of nitrogens with one attached hydrogen (secondary N) is 1. The molecule has 2 aromatic heterocycles. The summed E-state index contributed by atoms with van der Waals surface area (Å²) in [5, 5.41) is 12.0. The van der Waals surface area contributed by atoms with E-state index in [9.17, 15) is 4.79 Å². The summed E-state index contributed by atoms with van der Waals surface area (Å²) in [5.41, 5.74) is 3.49. The van der Waals surface area contributed by atoms with E-state index in [1.165, 1.54) is 0 Å².